The highest BCUT2D eigenvalue weighted by molar-refractivity contribution is 5.86. The smallest absolute Gasteiger partial charge is 0.351 e. The van der Waals surface area contributed by atoms with E-state index in [-0.39, 0.29) is 6.42 Å². The molecule has 0 aromatic heterocycles. The monoisotopic (exact) mass is 506 g/mol. The third kappa shape index (κ3) is 5.03. The van der Waals surface area contributed by atoms with Crippen LogP contribution in [0, 0.1) is 17.8 Å². The predicted molar refractivity (Wildman–Crippen MR) is 124 cm³/mol. The van der Waals surface area contributed by atoms with Crippen molar-refractivity contribution in [3.05, 3.63) is 23.3 Å². The Labute approximate surface area is 210 Å². The molecule has 0 aromatic carbocycles. The van der Waals surface area contributed by atoms with Crippen molar-refractivity contribution in [3.8, 4) is 0 Å². The molecule has 0 spiro atoms. The van der Waals surface area contributed by atoms with Gasteiger partial charge in [-0.25, -0.2) is 9.59 Å². The maximum Gasteiger partial charge on any atom is 0.351 e. The van der Waals surface area contributed by atoms with Gasteiger partial charge in [0, 0.05) is 45.1 Å². The van der Waals surface area contributed by atoms with E-state index in [0.717, 1.165) is 5.57 Å². The van der Waals surface area contributed by atoms with Crippen LogP contribution >= 0.6 is 0 Å². The first kappa shape index (κ1) is 27.4. The van der Waals surface area contributed by atoms with E-state index < -0.39 is 77.1 Å². The Morgan fingerprint density at radius 3 is 2.08 bits per heavy atom. The number of allylic oxidation sites excluding steroid dienone is 1. The minimum Gasteiger partial charge on any atom is -0.459 e. The maximum atomic E-state index is 13.2. The van der Waals surface area contributed by atoms with Crippen LogP contribution in [0.1, 0.15) is 61.8 Å². The van der Waals surface area contributed by atoms with E-state index in [2.05, 4.69) is 0 Å². The predicted octanol–water partition coefficient (Wildman–Crippen LogP) is 2.58. The molecule has 0 aromatic rings. The fourth-order valence-electron chi connectivity index (χ4n) is 6.12. The second-order valence-corrected chi connectivity index (χ2v) is 10.4. The Morgan fingerprint density at radius 2 is 1.56 bits per heavy atom. The summed E-state index contributed by atoms with van der Waals surface area (Å²) in [5.74, 6) is -5.40. The molecule has 198 valence electrons. The van der Waals surface area contributed by atoms with Gasteiger partial charge in [0.1, 0.15) is 23.9 Å². The summed E-state index contributed by atoms with van der Waals surface area (Å²) in [5.41, 5.74) is -1.62. The number of ether oxygens (including phenoxy) is 5. The molecular formula is C26H34O10. The molecule has 2 fully saturated rings. The minimum atomic E-state index is -1.77. The second-order valence-electron chi connectivity index (χ2n) is 10.4. The van der Waals surface area contributed by atoms with E-state index in [0.29, 0.717) is 5.57 Å². The van der Waals surface area contributed by atoms with E-state index >= 15 is 0 Å². The maximum absolute atomic E-state index is 13.2. The van der Waals surface area contributed by atoms with Crippen molar-refractivity contribution in [3.63, 3.8) is 0 Å². The van der Waals surface area contributed by atoms with E-state index in [1.807, 2.05) is 0 Å². The number of hydrogen-bond donors (Lipinski definition) is 0. The van der Waals surface area contributed by atoms with Crippen LogP contribution in [-0.2, 0) is 47.7 Å². The molecule has 0 unspecified atom stereocenters. The van der Waals surface area contributed by atoms with E-state index in [4.69, 9.17) is 23.7 Å². The lowest BCUT2D eigenvalue weighted by Crippen LogP contribution is -2.51. The van der Waals surface area contributed by atoms with Crippen molar-refractivity contribution >= 4 is 29.8 Å². The number of esters is 5. The summed E-state index contributed by atoms with van der Waals surface area (Å²) in [6.45, 7) is 12.1. The van der Waals surface area contributed by atoms with Crippen molar-refractivity contribution in [2.24, 2.45) is 17.8 Å². The molecule has 0 bridgehead atoms. The summed E-state index contributed by atoms with van der Waals surface area (Å²) in [6, 6.07) is 0. The zero-order chi connectivity index (χ0) is 27.2. The zero-order valence-electron chi connectivity index (χ0n) is 21.9. The van der Waals surface area contributed by atoms with Gasteiger partial charge in [-0.3, -0.25) is 14.4 Å². The van der Waals surface area contributed by atoms with Crippen LogP contribution in [0.25, 0.3) is 0 Å². The highest BCUT2D eigenvalue weighted by atomic mass is 16.6. The Hall–Kier alpha value is -3.17. The standard InChI is InChI=1S/C26H34O10/c1-12(2)9-19(30)33-18-11-25(7,35-15(5)28)21-17(32-14(4)27)10-13(3)20(21)23-22(18)26(8,24(31)34-23)36-16(6)29/h9-10,17-18,20-23H,11H2,1-8H3/t17-,18+,20-,21+,22-,23+,25+,26+/m1/s1. The molecule has 36 heavy (non-hydrogen) atoms. The van der Waals surface area contributed by atoms with Crippen LogP contribution in [-0.4, -0.2) is 59.4 Å². The molecule has 1 saturated heterocycles. The van der Waals surface area contributed by atoms with Gasteiger partial charge in [0.05, 0.1) is 5.92 Å². The first-order valence-corrected chi connectivity index (χ1v) is 11.9. The minimum absolute atomic E-state index is 0.0519. The Morgan fingerprint density at radius 1 is 0.944 bits per heavy atom. The third-order valence-electron chi connectivity index (χ3n) is 7.11. The number of carbonyl (C=O) groups is 5. The van der Waals surface area contributed by atoms with E-state index in [1.54, 1.807) is 33.8 Å². The van der Waals surface area contributed by atoms with Crippen molar-refractivity contribution in [2.75, 3.05) is 0 Å². The molecule has 10 heteroatoms. The summed E-state index contributed by atoms with van der Waals surface area (Å²) in [6.07, 6.45) is 0.255. The van der Waals surface area contributed by atoms with Gasteiger partial charge in [-0.1, -0.05) is 11.1 Å². The molecule has 2 aliphatic carbocycles. The first-order chi connectivity index (χ1) is 16.6. The largest absolute Gasteiger partial charge is 0.459 e. The Bertz CT molecular complexity index is 1040. The van der Waals surface area contributed by atoms with Gasteiger partial charge in [-0.05, 0) is 40.7 Å². The number of hydrogen-bond acceptors (Lipinski definition) is 10. The lowest BCUT2D eigenvalue weighted by atomic mass is 9.74. The molecule has 0 radical (unpaired) electrons. The average Bonchev–Trinajstić information content (AvgIpc) is 3.08. The van der Waals surface area contributed by atoms with Gasteiger partial charge in [-0.2, -0.15) is 0 Å². The van der Waals surface area contributed by atoms with Crippen molar-refractivity contribution in [1.29, 1.82) is 0 Å². The van der Waals surface area contributed by atoms with E-state index in [1.165, 1.54) is 33.8 Å². The Kier molecular flexibility index (Phi) is 7.39. The van der Waals surface area contributed by atoms with Crippen LogP contribution < -0.4 is 0 Å². The highest BCUT2D eigenvalue weighted by Crippen LogP contribution is 2.56. The third-order valence-corrected chi connectivity index (χ3v) is 7.11. The zero-order valence-corrected chi connectivity index (χ0v) is 21.9. The van der Waals surface area contributed by atoms with Crippen LogP contribution in [0.15, 0.2) is 23.3 Å². The van der Waals surface area contributed by atoms with Crippen LogP contribution in [0.5, 0.6) is 0 Å². The van der Waals surface area contributed by atoms with Gasteiger partial charge >= 0.3 is 29.8 Å². The molecule has 3 rings (SSSR count). The molecule has 1 aliphatic heterocycles. The van der Waals surface area contributed by atoms with E-state index in [9.17, 15) is 24.0 Å². The molecule has 10 nitrogen and oxygen atoms in total. The summed E-state index contributed by atoms with van der Waals surface area (Å²) < 4.78 is 28.7. The summed E-state index contributed by atoms with van der Waals surface area (Å²) in [5, 5.41) is 0. The molecule has 3 aliphatic rings. The molecule has 0 N–H and O–H groups in total. The summed E-state index contributed by atoms with van der Waals surface area (Å²) in [7, 11) is 0. The fraction of sp³-hybridized carbons (Fsp3) is 0.654. The van der Waals surface area contributed by atoms with Gasteiger partial charge < -0.3 is 23.7 Å². The van der Waals surface area contributed by atoms with Crippen LogP contribution in [0.2, 0.25) is 0 Å². The quantitative estimate of drug-likeness (QED) is 0.237. The molecule has 0 amide bonds. The molecule has 1 saturated carbocycles. The second kappa shape index (κ2) is 9.71. The highest BCUT2D eigenvalue weighted by Gasteiger charge is 2.69. The fourth-order valence-corrected chi connectivity index (χ4v) is 6.12. The summed E-state index contributed by atoms with van der Waals surface area (Å²) in [4.78, 5) is 62.2. The van der Waals surface area contributed by atoms with Crippen molar-refractivity contribution in [2.45, 2.75) is 91.3 Å². The van der Waals surface area contributed by atoms with Gasteiger partial charge in [0.25, 0.3) is 0 Å². The average molecular weight is 507 g/mol. The van der Waals surface area contributed by atoms with Crippen molar-refractivity contribution < 1.29 is 47.7 Å². The van der Waals surface area contributed by atoms with Gasteiger partial charge in [0.2, 0.25) is 5.60 Å². The summed E-state index contributed by atoms with van der Waals surface area (Å²) >= 11 is 0. The molecular weight excluding hydrogens is 472 g/mol. The van der Waals surface area contributed by atoms with Crippen molar-refractivity contribution in [1.82, 2.24) is 0 Å². The first-order valence-electron chi connectivity index (χ1n) is 11.9. The number of rotatable bonds is 5. The lowest BCUT2D eigenvalue weighted by molar-refractivity contribution is -0.185. The lowest BCUT2D eigenvalue weighted by Gasteiger charge is -2.40. The number of carbonyl (C=O) groups excluding carboxylic acids is 5. The van der Waals surface area contributed by atoms with Gasteiger partial charge in [0.15, 0.2) is 0 Å². The SMILES string of the molecule is CC(=O)O[C@@H]1C=C(C)[C@H]2[C@@H]3OC(=O)[C@@](C)(OC(C)=O)[C@@H]3[C@@H](OC(=O)C=C(C)C)C[C@](C)(OC(C)=O)[C@H]21. The van der Waals surface area contributed by atoms with Crippen LogP contribution in [0.3, 0.4) is 0 Å². The van der Waals surface area contributed by atoms with Crippen LogP contribution in [0.4, 0.5) is 0 Å². The number of fused-ring (bicyclic) bond motifs is 3. The Balaban J connectivity index is 2.22. The topological polar surface area (TPSA) is 132 Å². The molecule has 8 atom stereocenters. The normalized spacial score (nSPS) is 36.8. The van der Waals surface area contributed by atoms with Gasteiger partial charge in [-0.15, -0.1) is 0 Å². The molecule has 1 heterocycles.